The molecule has 1 aliphatic rings. The molecule has 98 valence electrons. The summed E-state index contributed by atoms with van der Waals surface area (Å²) in [5.41, 5.74) is 1.07. The van der Waals surface area contributed by atoms with Crippen LogP contribution in [0.1, 0.15) is 31.7 Å². The van der Waals surface area contributed by atoms with E-state index in [1.54, 1.807) is 12.1 Å². The number of nitro groups is 1. The van der Waals surface area contributed by atoms with Crippen LogP contribution in [0.5, 0.6) is 0 Å². The predicted octanol–water partition coefficient (Wildman–Crippen LogP) is 3.23. The number of carbonyl (C=O) groups excluding carboxylic acids is 1. The van der Waals surface area contributed by atoms with Crippen molar-refractivity contribution in [3.8, 4) is 0 Å². The first-order chi connectivity index (χ1) is 9.15. The Morgan fingerprint density at radius 2 is 2.16 bits per heavy atom. The maximum atomic E-state index is 11.5. The Kier molecular flexibility index (Phi) is 2.81. The Balaban J connectivity index is 2.01. The van der Waals surface area contributed by atoms with Crippen LogP contribution in [-0.2, 0) is 4.79 Å². The van der Waals surface area contributed by atoms with Crippen LogP contribution < -0.4 is 0 Å². The third-order valence-electron chi connectivity index (χ3n) is 3.76. The summed E-state index contributed by atoms with van der Waals surface area (Å²) in [6, 6.07) is 6.94. The molecule has 3 rings (SSSR count). The molecule has 0 bridgehead atoms. The van der Waals surface area contributed by atoms with Crippen molar-refractivity contribution in [3.05, 3.63) is 40.6 Å². The van der Waals surface area contributed by atoms with Crippen molar-refractivity contribution >= 4 is 22.4 Å². The van der Waals surface area contributed by atoms with Crippen LogP contribution in [0.2, 0.25) is 0 Å². The highest BCUT2D eigenvalue weighted by atomic mass is 16.6. The average molecular weight is 258 g/mol. The zero-order chi connectivity index (χ0) is 13.4. The van der Waals surface area contributed by atoms with Gasteiger partial charge in [0.05, 0.1) is 4.92 Å². The summed E-state index contributed by atoms with van der Waals surface area (Å²) in [6.45, 7) is 0. The lowest BCUT2D eigenvalue weighted by molar-refractivity contribution is -0.384. The summed E-state index contributed by atoms with van der Waals surface area (Å²) in [6.07, 6.45) is 5.10. The van der Waals surface area contributed by atoms with Gasteiger partial charge in [0, 0.05) is 48.1 Å². The number of nitrogens with zero attached hydrogens (tertiary/aromatic N) is 2. The highest BCUT2D eigenvalue weighted by Gasteiger charge is 2.22. The number of non-ortho nitro benzene ring substituents is 1. The van der Waals surface area contributed by atoms with Crippen molar-refractivity contribution in [3.63, 3.8) is 0 Å². The van der Waals surface area contributed by atoms with Gasteiger partial charge in [0.25, 0.3) is 5.69 Å². The van der Waals surface area contributed by atoms with Crippen LogP contribution in [0.4, 0.5) is 5.69 Å². The highest BCUT2D eigenvalue weighted by molar-refractivity contribution is 5.84. The Morgan fingerprint density at radius 3 is 2.89 bits per heavy atom. The predicted molar refractivity (Wildman–Crippen MR) is 71.1 cm³/mol. The van der Waals surface area contributed by atoms with E-state index in [1.165, 1.54) is 6.07 Å². The molecule has 1 atom stereocenters. The molecular weight excluding hydrogens is 244 g/mol. The van der Waals surface area contributed by atoms with Gasteiger partial charge in [-0.3, -0.25) is 14.9 Å². The first-order valence-corrected chi connectivity index (χ1v) is 6.42. The lowest BCUT2D eigenvalue weighted by atomic mass is 9.94. The normalized spacial score (nSPS) is 19.8. The van der Waals surface area contributed by atoms with Crippen molar-refractivity contribution in [1.29, 1.82) is 0 Å². The second-order valence-corrected chi connectivity index (χ2v) is 5.01. The molecule has 1 unspecified atom stereocenters. The molecule has 1 aromatic carbocycles. The van der Waals surface area contributed by atoms with Gasteiger partial charge in [-0.2, -0.15) is 0 Å². The first kappa shape index (κ1) is 11.9. The van der Waals surface area contributed by atoms with E-state index >= 15 is 0 Å². The van der Waals surface area contributed by atoms with Gasteiger partial charge in [0.1, 0.15) is 5.78 Å². The van der Waals surface area contributed by atoms with Crippen LogP contribution in [0.3, 0.4) is 0 Å². The number of rotatable bonds is 2. The van der Waals surface area contributed by atoms with Crippen molar-refractivity contribution in [2.45, 2.75) is 31.7 Å². The third-order valence-corrected chi connectivity index (χ3v) is 3.76. The lowest BCUT2D eigenvalue weighted by Crippen LogP contribution is -2.18. The van der Waals surface area contributed by atoms with Crippen LogP contribution in [-0.4, -0.2) is 15.3 Å². The number of fused-ring (bicyclic) bond motifs is 1. The summed E-state index contributed by atoms with van der Waals surface area (Å²) in [5.74, 6) is 0.306. The number of aromatic nitrogens is 1. The van der Waals surface area contributed by atoms with E-state index in [0.717, 1.165) is 23.7 Å². The van der Waals surface area contributed by atoms with Crippen molar-refractivity contribution in [2.75, 3.05) is 0 Å². The molecule has 2 aromatic rings. The highest BCUT2D eigenvalue weighted by Crippen LogP contribution is 2.31. The average Bonchev–Trinajstić information content (AvgIpc) is 2.81. The molecule has 1 aromatic heterocycles. The van der Waals surface area contributed by atoms with Crippen molar-refractivity contribution in [1.82, 2.24) is 4.57 Å². The zero-order valence-corrected chi connectivity index (χ0v) is 10.4. The minimum absolute atomic E-state index is 0.102. The molecule has 0 N–H and O–H groups in total. The van der Waals surface area contributed by atoms with Crippen LogP contribution in [0.25, 0.3) is 10.9 Å². The van der Waals surface area contributed by atoms with Crippen LogP contribution in [0.15, 0.2) is 30.5 Å². The van der Waals surface area contributed by atoms with E-state index < -0.39 is 0 Å². The Bertz CT molecular complexity index is 660. The number of hydrogen-bond donors (Lipinski definition) is 0. The van der Waals surface area contributed by atoms with Gasteiger partial charge in [-0.15, -0.1) is 0 Å². The number of ketones is 1. The second kappa shape index (κ2) is 4.50. The van der Waals surface area contributed by atoms with Gasteiger partial charge >= 0.3 is 0 Å². The monoisotopic (exact) mass is 258 g/mol. The van der Waals surface area contributed by atoms with Crippen molar-refractivity contribution < 1.29 is 9.72 Å². The maximum Gasteiger partial charge on any atom is 0.270 e. The molecule has 1 saturated carbocycles. The van der Waals surface area contributed by atoms with E-state index in [1.807, 2.05) is 12.3 Å². The van der Waals surface area contributed by atoms with E-state index in [4.69, 9.17) is 0 Å². The summed E-state index contributed by atoms with van der Waals surface area (Å²) in [7, 11) is 0. The second-order valence-electron chi connectivity index (χ2n) is 5.01. The zero-order valence-electron chi connectivity index (χ0n) is 10.4. The van der Waals surface area contributed by atoms with E-state index in [9.17, 15) is 14.9 Å². The van der Waals surface area contributed by atoms with Gasteiger partial charge in [-0.25, -0.2) is 0 Å². The van der Waals surface area contributed by atoms with E-state index in [-0.39, 0.29) is 16.7 Å². The maximum absolute atomic E-state index is 11.5. The van der Waals surface area contributed by atoms with E-state index in [0.29, 0.717) is 18.6 Å². The van der Waals surface area contributed by atoms with Crippen molar-refractivity contribution in [2.24, 2.45) is 0 Å². The van der Waals surface area contributed by atoms with Crippen LogP contribution in [0, 0.1) is 10.1 Å². The number of hydrogen-bond acceptors (Lipinski definition) is 3. The first-order valence-electron chi connectivity index (χ1n) is 6.42. The third kappa shape index (κ3) is 2.12. The van der Waals surface area contributed by atoms with Gasteiger partial charge in [0.15, 0.2) is 0 Å². The fourth-order valence-corrected chi connectivity index (χ4v) is 2.82. The quantitative estimate of drug-likeness (QED) is 0.613. The number of nitro benzene ring substituents is 1. The number of benzene rings is 1. The summed E-state index contributed by atoms with van der Waals surface area (Å²) in [4.78, 5) is 21.9. The molecule has 5 nitrogen and oxygen atoms in total. The summed E-state index contributed by atoms with van der Waals surface area (Å²) < 4.78 is 2.08. The minimum atomic E-state index is -0.388. The van der Waals surface area contributed by atoms with Gasteiger partial charge in [0.2, 0.25) is 0 Å². The molecule has 1 fully saturated rings. The minimum Gasteiger partial charge on any atom is -0.344 e. The lowest BCUT2D eigenvalue weighted by Gasteiger charge is -2.23. The van der Waals surface area contributed by atoms with Crippen LogP contribution >= 0.6 is 0 Å². The molecule has 1 heterocycles. The molecule has 19 heavy (non-hydrogen) atoms. The topological polar surface area (TPSA) is 65.1 Å². The van der Waals surface area contributed by atoms with E-state index in [2.05, 4.69) is 4.57 Å². The standard InChI is InChI=1S/C14H14N2O3/c17-13-3-1-2-11(9-13)15-7-6-10-8-12(16(18)19)4-5-14(10)15/h4-8,11H,1-3,9H2. The smallest absolute Gasteiger partial charge is 0.270 e. The van der Waals surface area contributed by atoms with Gasteiger partial charge in [-0.05, 0) is 25.0 Å². The molecule has 0 radical (unpaired) electrons. The molecular formula is C14H14N2O3. The molecule has 0 spiro atoms. The van der Waals surface area contributed by atoms with Gasteiger partial charge < -0.3 is 4.57 Å². The molecule has 0 aliphatic heterocycles. The molecule has 0 saturated heterocycles. The van der Waals surface area contributed by atoms with Gasteiger partial charge in [-0.1, -0.05) is 0 Å². The fourth-order valence-electron chi connectivity index (χ4n) is 2.82. The molecule has 0 amide bonds. The number of Topliss-reactive ketones (excluding diaryl/α,β-unsaturated/α-hetero) is 1. The Morgan fingerprint density at radius 1 is 1.32 bits per heavy atom. The SMILES string of the molecule is O=C1CCCC(n2ccc3cc([N+](=O)[O-])ccc32)C1. The largest absolute Gasteiger partial charge is 0.344 e. The Hall–Kier alpha value is -2.17. The Labute approximate surface area is 110 Å². The summed E-state index contributed by atoms with van der Waals surface area (Å²) in [5, 5.41) is 11.6. The molecule has 1 aliphatic carbocycles. The molecule has 5 heteroatoms. The number of carbonyl (C=O) groups is 1. The fraction of sp³-hybridized carbons (Fsp3) is 0.357. The summed E-state index contributed by atoms with van der Waals surface area (Å²) >= 11 is 0.